The quantitative estimate of drug-likeness (QED) is 0.719. The minimum Gasteiger partial charge on any atom is -0.377 e. The average molecular weight is 421 g/mol. The highest BCUT2D eigenvalue weighted by Gasteiger charge is 2.32. The van der Waals surface area contributed by atoms with E-state index in [-0.39, 0.29) is 42.9 Å². The molecule has 0 aromatic heterocycles. The molecule has 2 fully saturated rings. The second-order valence-corrected chi connectivity index (χ2v) is 10.8. The summed E-state index contributed by atoms with van der Waals surface area (Å²) in [6, 6.07) is 4.66. The third-order valence-corrected chi connectivity index (χ3v) is 8.79. The van der Waals surface area contributed by atoms with Crippen molar-refractivity contribution in [3.8, 4) is 0 Å². The summed E-state index contributed by atoms with van der Waals surface area (Å²) in [5.74, 6) is -0.565. The fourth-order valence-corrected chi connectivity index (χ4v) is 6.60. The van der Waals surface area contributed by atoms with Gasteiger partial charge in [-0.2, -0.15) is 4.31 Å². The number of rotatable bonds is 5. The normalized spacial score (nSPS) is 23.8. The highest BCUT2D eigenvalue weighted by molar-refractivity contribution is 7.89. The van der Waals surface area contributed by atoms with Crippen LogP contribution >= 0.6 is 0 Å². The van der Waals surface area contributed by atoms with Crippen LogP contribution in [0.15, 0.2) is 29.2 Å². The number of hydrogen-bond acceptors (Lipinski definition) is 5. The number of ether oxygens (including phenoxy) is 1. The summed E-state index contributed by atoms with van der Waals surface area (Å²) in [4.78, 5) is 0.0100. The molecule has 0 amide bonds. The highest BCUT2D eigenvalue weighted by atomic mass is 32.2. The van der Waals surface area contributed by atoms with Crippen molar-refractivity contribution in [1.29, 1.82) is 0 Å². The van der Waals surface area contributed by atoms with E-state index >= 15 is 0 Å². The molecule has 3 rings (SSSR count). The maximum absolute atomic E-state index is 13.1. The second-order valence-electron chi connectivity index (χ2n) is 6.88. The zero-order valence-electron chi connectivity index (χ0n) is 15.1. The first-order valence-corrected chi connectivity index (χ1v) is 12.2. The van der Waals surface area contributed by atoms with Crippen LogP contribution in [0.5, 0.6) is 0 Å². The molecule has 2 aliphatic heterocycles. The van der Waals surface area contributed by atoms with Crippen LogP contribution in [0.4, 0.5) is 4.39 Å². The summed E-state index contributed by atoms with van der Waals surface area (Å²) >= 11 is 0. The minimum atomic E-state index is -3.78. The van der Waals surface area contributed by atoms with Crippen molar-refractivity contribution in [3.05, 3.63) is 30.1 Å². The Morgan fingerprint density at radius 2 is 1.59 bits per heavy atom. The van der Waals surface area contributed by atoms with Crippen LogP contribution in [-0.2, 0) is 24.8 Å². The van der Waals surface area contributed by atoms with Crippen molar-refractivity contribution in [2.45, 2.75) is 36.7 Å². The Hall–Kier alpha value is -1.07. The van der Waals surface area contributed by atoms with E-state index in [9.17, 15) is 21.2 Å². The number of sulfonamides is 2. The zero-order chi connectivity index (χ0) is 19.5. The number of nitrogens with zero attached hydrogens (tertiary/aromatic N) is 2. The third kappa shape index (κ3) is 5.05. The van der Waals surface area contributed by atoms with Crippen LogP contribution < -0.4 is 0 Å². The lowest BCUT2D eigenvalue weighted by Crippen LogP contribution is -2.41. The highest BCUT2D eigenvalue weighted by Crippen LogP contribution is 2.21. The van der Waals surface area contributed by atoms with Gasteiger partial charge in [-0.05, 0) is 49.9 Å². The van der Waals surface area contributed by atoms with E-state index in [1.165, 1.54) is 20.7 Å². The molecule has 0 bridgehead atoms. The van der Waals surface area contributed by atoms with Gasteiger partial charge >= 0.3 is 0 Å². The van der Waals surface area contributed by atoms with Crippen LogP contribution in [0.25, 0.3) is 0 Å². The third-order valence-electron chi connectivity index (χ3n) is 4.93. The van der Waals surface area contributed by atoms with Gasteiger partial charge in [0.05, 0.1) is 16.8 Å². The Balaban J connectivity index is 1.66. The second kappa shape index (κ2) is 8.52. The molecule has 1 unspecified atom stereocenters. The van der Waals surface area contributed by atoms with E-state index in [2.05, 4.69) is 0 Å². The summed E-state index contributed by atoms with van der Waals surface area (Å²) in [7, 11) is -7.29. The monoisotopic (exact) mass is 420 g/mol. The minimum absolute atomic E-state index is 0.0100. The molecule has 0 spiro atoms. The summed E-state index contributed by atoms with van der Waals surface area (Å²) < 4.78 is 72.1. The molecular weight excluding hydrogens is 395 g/mol. The van der Waals surface area contributed by atoms with Gasteiger partial charge in [0.2, 0.25) is 20.0 Å². The first kappa shape index (κ1) is 20.7. The molecule has 1 aromatic carbocycles. The van der Waals surface area contributed by atoms with Crippen molar-refractivity contribution >= 4 is 20.0 Å². The molecule has 2 saturated heterocycles. The van der Waals surface area contributed by atoms with Crippen LogP contribution in [0.3, 0.4) is 0 Å². The maximum Gasteiger partial charge on any atom is 0.243 e. The molecule has 1 atom stereocenters. The fraction of sp³-hybridized carbons (Fsp3) is 0.647. The van der Waals surface area contributed by atoms with Crippen LogP contribution in [0.2, 0.25) is 0 Å². The van der Waals surface area contributed by atoms with Gasteiger partial charge in [0.1, 0.15) is 5.82 Å². The van der Waals surface area contributed by atoms with Gasteiger partial charge in [-0.1, -0.05) is 0 Å². The Labute approximate surface area is 160 Å². The molecule has 0 saturated carbocycles. The molecule has 2 aliphatic rings. The van der Waals surface area contributed by atoms with Crippen molar-refractivity contribution in [1.82, 2.24) is 8.61 Å². The fourth-order valence-electron chi connectivity index (χ4n) is 3.42. The molecule has 1 aromatic rings. The van der Waals surface area contributed by atoms with E-state index in [1.54, 1.807) is 0 Å². The van der Waals surface area contributed by atoms with Gasteiger partial charge in [0.25, 0.3) is 0 Å². The predicted octanol–water partition coefficient (Wildman–Crippen LogP) is 1.42. The molecular formula is C17H25FN2O5S2. The van der Waals surface area contributed by atoms with Gasteiger partial charge in [-0.15, -0.1) is 0 Å². The number of benzene rings is 1. The van der Waals surface area contributed by atoms with Gasteiger partial charge in [0, 0.05) is 32.8 Å². The average Bonchev–Trinajstić information content (AvgIpc) is 2.90. The van der Waals surface area contributed by atoms with E-state index in [1.807, 2.05) is 0 Å². The van der Waals surface area contributed by atoms with Gasteiger partial charge in [-0.25, -0.2) is 25.5 Å². The lowest BCUT2D eigenvalue weighted by molar-refractivity contribution is 0.0299. The largest absolute Gasteiger partial charge is 0.377 e. The van der Waals surface area contributed by atoms with Gasteiger partial charge < -0.3 is 4.74 Å². The van der Waals surface area contributed by atoms with Gasteiger partial charge in [0.15, 0.2) is 0 Å². The van der Waals surface area contributed by atoms with Crippen molar-refractivity contribution in [3.63, 3.8) is 0 Å². The van der Waals surface area contributed by atoms with Crippen LogP contribution in [-0.4, -0.2) is 70.1 Å². The Kier molecular flexibility index (Phi) is 6.52. The van der Waals surface area contributed by atoms with Crippen molar-refractivity contribution < 1.29 is 26.0 Å². The van der Waals surface area contributed by atoms with Crippen LogP contribution in [0.1, 0.15) is 25.7 Å². The first-order chi connectivity index (χ1) is 12.8. The van der Waals surface area contributed by atoms with Crippen LogP contribution in [0, 0.1) is 5.82 Å². The lowest BCUT2D eigenvalue weighted by Gasteiger charge is -2.26. The standard InChI is InChI=1S/C17H25FN2O5S2/c18-15-5-7-17(8-6-15)27(23,24)20-10-3-9-19(11-12-20)26(21,22)14-16-4-1-2-13-25-16/h5-8,16H,1-4,9-14H2. The number of hydrogen-bond donors (Lipinski definition) is 0. The molecule has 2 heterocycles. The molecule has 0 radical (unpaired) electrons. The van der Waals surface area contributed by atoms with Gasteiger partial charge in [-0.3, -0.25) is 0 Å². The van der Waals surface area contributed by atoms with Crippen molar-refractivity contribution in [2.75, 3.05) is 38.5 Å². The summed E-state index contributed by atoms with van der Waals surface area (Å²) in [5, 5.41) is 0. The van der Waals surface area contributed by atoms with E-state index < -0.39 is 25.9 Å². The summed E-state index contributed by atoms with van der Waals surface area (Å²) in [6.45, 7) is 1.28. The lowest BCUT2D eigenvalue weighted by atomic mass is 10.1. The Morgan fingerprint density at radius 1 is 0.926 bits per heavy atom. The summed E-state index contributed by atoms with van der Waals surface area (Å²) in [6.07, 6.45) is 2.77. The zero-order valence-corrected chi connectivity index (χ0v) is 16.7. The predicted molar refractivity (Wildman–Crippen MR) is 98.7 cm³/mol. The van der Waals surface area contributed by atoms with E-state index in [0.29, 0.717) is 13.0 Å². The maximum atomic E-state index is 13.1. The molecule has 10 heteroatoms. The summed E-state index contributed by atoms with van der Waals surface area (Å²) in [5.41, 5.74) is 0. The van der Waals surface area contributed by atoms with E-state index in [4.69, 9.17) is 4.74 Å². The topological polar surface area (TPSA) is 84.0 Å². The Morgan fingerprint density at radius 3 is 2.26 bits per heavy atom. The SMILES string of the molecule is O=S(=O)(CC1CCCCO1)N1CCCN(S(=O)(=O)c2ccc(F)cc2)CC1. The molecule has 152 valence electrons. The smallest absolute Gasteiger partial charge is 0.243 e. The van der Waals surface area contributed by atoms with E-state index in [0.717, 1.165) is 31.4 Å². The van der Waals surface area contributed by atoms with Crippen molar-refractivity contribution in [2.24, 2.45) is 0 Å². The number of halogens is 1. The Bertz CT molecular complexity index is 837. The molecule has 0 N–H and O–H groups in total. The molecule has 7 nitrogen and oxygen atoms in total. The molecule has 27 heavy (non-hydrogen) atoms. The first-order valence-electron chi connectivity index (χ1n) is 9.14. The molecule has 0 aliphatic carbocycles.